The Hall–Kier alpha value is -1.25. The molecule has 0 aliphatic heterocycles. The number of ketones is 1. The Morgan fingerprint density at radius 1 is 1.25 bits per heavy atom. The molecule has 1 rings (SSSR count). The van der Waals surface area contributed by atoms with Gasteiger partial charge in [-0.2, -0.15) is 0 Å². The van der Waals surface area contributed by atoms with E-state index in [2.05, 4.69) is 0 Å². The van der Waals surface area contributed by atoms with Gasteiger partial charge in [0, 0.05) is 12.3 Å². The van der Waals surface area contributed by atoms with E-state index in [0.717, 1.165) is 6.07 Å². The maximum absolute atomic E-state index is 13.3. The van der Waals surface area contributed by atoms with Crippen LogP contribution in [0.15, 0.2) is 18.2 Å². The number of Topliss-reactive ketones (excluding diaryl/α,β-unsaturated/α-hetero) is 1. The molecule has 1 nitrogen and oxygen atoms in total. The third-order valence-electron chi connectivity index (χ3n) is 2.90. The van der Waals surface area contributed by atoms with E-state index in [4.69, 9.17) is 0 Å². The van der Waals surface area contributed by atoms with Crippen molar-refractivity contribution in [3.8, 4) is 0 Å². The Morgan fingerprint density at radius 3 is 2.44 bits per heavy atom. The van der Waals surface area contributed by atoms with Gasteiger partial charge in [0.1, 0.15) is 5.78 Å². The fourth-order valence-electron chi connectivity index (χ4n) is 1.41. The lowest BCUT2D eigenvalue weighted by molar-refractivity contribution is -0.122. The average molecular weight is 226 g/mol. The van der Waals surface area contributed by atoms with Crippen LogP contribution < -0.4 is 0 Å². The van der Waals surface area contributed by atoms with Crippen molar-refractivity contribution in [1.29, 1.82) is 0 Å². The van der Waals surface area contributed by atoms with Gasteiger partial charge in [-0.3, -0.25) is 4.79 Å². The molecule has 1 atom stereocenters. The maximum atomic E-state index is 13.3. The molecule has 88 valence electrons. The summed E-state index contributed by atoms with van der Waals surface area (Å²) < 4.78 is 26.2. The molecular weight excluding hydrogens is 210 g/mol. The Kier molecular flexibility index (Phi) is 4.16. The first kappa shape index (κ1) is 12.8. The van der Waals surface area contributed by atoms with Crippen LogP contribution in [0.5, 0.6) is 0 Å². The quantitative estimate of drug-likeness (QED) is 0.769. The van der Waals surface area contributed by atoms with Crippen molar-refractivity contribution >= 4 is 5.78 Å². The summed E-state index contributed by atoms with van der Waals surface area (Å²) in [6.07, 6.45) is -0.0388. The lowest BCUT2D eigenvalue weighted by atomic mass is 9.90. The standard InChI is InChI=1S/C13H16F2O/c1-8(2)9(3)12(16)7-10-5-4-6-11(14)13(10)15/h4-6,8-9H,7H2,1-3H3. The molecule has 0 aromatic heterocycles. The molecule has 0 heterocycles. The topological polar surface area (TPSA) is 17.1 Å². The van der Waals surface area contributed by atoms with Crippen molar-refractivity contribution in [1.82, 2.24) is 0 Å². The number of hydrogen-bond donors (Lipinski definition) is 0. The van der Waals surface area contributed by atoms with Crippen LogP contribution in [0.2, 0.25) is 0 Å². The second-order valence-corrected chi connectivity index (χ2v) is 4.39. The number of carbonyl (C=O) groups is 1. The fourth-order valence-corrected chi connectivity index (χ4v) is 1.41. The monoisotopic (exact) mass is 226 g/mol. The van der Waals surface area contributed by atoms with Crippen LogP contribution >= 0.6 is 0 Å². The second-order valence-electron chi connectivity index (χ2n) is 4.39. The normalized spacial score (nSPS) is 12.9. The molecule has 16 heavy (non-hydrogen) atoms. The lowest BCUT2D eigenvalue weighted by Crippen LogP contribution is -2.19. The van der Waals surface area contributed by atoms with E-state index in [1.54, 1.807) is 0 Å². The maximum Gasteiger partial charge on any atom is 0.162 e. The van der Waals surface area contributed by atoms with Gasteiger partial charge >= 0.3 is 0 Å². The second kappa shape index (κ2) is 5.19. The van der Waals surface area contributed by atoms with Gasteiger partial charge in [-0.1, -0.05) is 32.9 Å². The van der Waals surface area contributed by atoms with E-state index in [9.17, 15) is 13.6 Å². The number of halogens is 2. The van der Waals surface area contributed by atoms with E-state index < -0.39 is 11.6 Å². The molecule has 0 aliphatic rings. The van der Waals surface area contributed by atoms with Crippen molar-refractivity contribution in [3.05, 3.63) is 35.4 Å². The Balaban J connectivity index is 2.81. The van der Waals surface area contributed by atoms with E-state index in [1.165, 1.54) is 12.1 Å². The minimum absolute atomic E-state index is 0.0388. The van der Waals surface area contributed by atoms with Crippen LogP contribution in [0.1, 0.15) is 26.3 Å². The molecule has 0 spiro atoms. The lowest BCUT2D eigenvalue weighted by Gasteiger charge is -2.14. The molecule has 1 aromatic carbocycles. The van der Waals surface area contributed by atoms with Crippen molar-refractivity contribution in [2.75, 3.05) is 0 Å². The van der Waals surface area contributed by atoms with Crippen molar-refractivity contribution in [2.24, 2.45) is 11.8 Å². The molecule has 0 radical (unpaired) electrons. The smallest absolute Gasteiger partial charge is 0.162 e. The predicted molar refractivity (Wildman–Crippen MR) is 59.1 cm³/mol. The first-order chi connectivity index (χ1) is 7.43. The predicted octanol–water partition coefficient (Wildman–Crippen LogP) is 3.37. The van der Waals surface area contributed by atoms with Crippen LogP contribution in [0, 0.1) is 23.5 Å². The zero-order chi connectivity index (χ0) is 12.3. The summed E-state index contributed by atoms with van der Waals surface area (Å²) in [6.45, 7) is 5.68. The van der Waals surface area contributed by atoms with E-state index in [0.29, 0.717) is 0 Å². The molecular formula is C13H16F2O. The van der Waals surface area contributed by atoms with Gasteiger partial charge in [-0.15, -0.1) is 0 Å². The zero-order valence-corrected chi connectivity index (χ0v) is 9.76. The molecule has 0 saturated heterocycles. The summed E-state index contributed by atoms with van der Waals surface area (Å²) in [4.78, 5) is 11.7. The van der Waals surface area contributed by atoms with Crippen LogP contribution in [-0.4, -0.2) is 5.78 Å². The van der Waals surface area contributed by atoms with Crippen LogP contribution in [0.3, 0.4) is 0 Å². The fraction of sp³-hybridized carbons (Fsp3) is 0.462. The molecule has 1 aromatic rings. The summed E-state index contributed by atoms with van der Waals surface area (Å²) >= 11 is 0. The van der Waals surface area contributed by atoms with Crippen LogP contribution in [-0.2, 0) is 11.2 Å². The summed E-state index contributed by atoms with van der Waals surface area (Å²) in [5, 5.41) is 0. The molecule has 0 bridgehead atoms. The van der Waals surface area contributed by atoms with Crippen molar-refractivity contribution < 1.29 is 13.6 Å². The summed E-state index contributed by atoms with van der Waals surface area (Å²) in [5.74, 6) is -1.79. The highest BCUT2D eigenvalue weighted by Gasteiger charge is 2.19. The average Bonchev–Trinajstić information content (AvgIpc) is 2.23. The third-order valence-corrected chi connectivity index (χ3v) is 2.90. The van der Waals surface area contributed by atoms with Gasteiger partial charge in [-0.05, 0) is 17.5 Å². The summed E-state index contributed by atoms with van der Waals surface area (Å²) in [6, 6.07) is 3.92. The van der Waals surface area contributed by atoms with Crippen LogP contribution in [0.4, 0.5) is 8.78 Å². The van der Waals surface area contributed by atoms with Gasteiger partial charge in [0.15, 0.2) is 11.6 Å². The Labute approximate surface area is 94.5 Å². The SMILES string of the molecule is CC(C)C(C)C(=O)Cc1cccc(F)c1F. The highest BCUT2D eigenvalue weighted by atomic mass is 19.2. The Bertz CT molecular complexity index is 386. The Morgan fingerprint density at radius 2 is 1.88 bits per heavy atom. The van der Waals surface area contributed by atoms with Gasteiger partial charge in [0.05, 0.1) is 0 Å². The zero-order valence-electron chi connectivity index (χ0n) is 9.76. The molecule has 3 heteroatoms. The van der Waals surface area contributed by atoms with Crippen LogP contribution in [0.25, 0.3) is 0 Å². The molecule has 0 aliphatic carbocycles. The highest BCUT2D eigenvalue weighted by Crippen LogP contribution is 2.17. The minimum atomic E-state index is -0.910. The molecule has 0 fully saturated rings. The van der Waals surface area contributed by atoms with Crippen molar-refractivity contribution in [2.45, 2.75) is 27.2 Å². The van der Waals surface area contributed by atoms with E-state index in [1.807, 2.05) is 20.8 Å². The summed E-state index contributed by atoms with van der Waals surface area (Å²) in [5.41, 5.74) is 0.137. The molecule has 0 saturated carbocycles. The number of hydrogen-bond acceptors (Lipinski definition) is 1. The largest absolute Gasteiger partial charge is 0.299 e. The van der Waals surface area contributed by atoms with Gasteiger partial charge in [0.2, 0.25) is 0 Å². The number of benzene rings is 1. The van der Waals surface area contributed by atoms with Gasteiger partial charge in [0.25, 0.3) is 0 Å². The molecule has 0 amide bonds. The van der Waals surface area contributed by atoms with E-state index >= 15 is 0 Å². The van der Waals surface area contributed by atoms with Gasteiger partial charge < -0.3 is 0 Å². The summed E-state index contributed by atoms with van der Waals surface area (Å²) in [7, 11) is 0. The highest BCUT2D eigenvalue weighted by molar-refractivity contribution is 5.83. The molecule has 1 unspecified atom stereocenters. The van der Waals surface area contributed by atoms with Gasteiger partial charge in [-0.25, -0.2) is 8.78 Å². The number of rotatable bonds is 4. The van der Waals surface area contributed by atoms with E-state index in [-0.39, 0.29) is 29.6 Å². The first-order valence-electron chi connectivity index (χ1n) is 5.39. The molecule has 0 N–H and O–H groups in total. The minimum Gasteiger partial charge on any atom is -0.299 e. The first-order valence-corrected chi connectivity index (χ1v) is 5.39. The third kappa shape index (κ3) is 2.87. The number of carbonyl (C=O) groups excluding carboxylic acids is 1. The van der Waals surface area contributed by atoms with Crippen molar-refractivity contribution in [3.63, 3.8) is 0 Å².